The average molecular weight is 480 g/mol. The van der Waals surface area contributed by atoms with Gasteiger partial charge >= 0.3 is 0 Å². The quantitative estimate of drug-likeness (QED) is 0.238. The molecule has 0 aromatic carbocycles. The number of hydrogen-bond acceptors (Lipinski definition) is 4. The van der Waals surface area contributed by atoms with E-state index in [2.05, 4.69) is 34.6 Å². The van der Waals surface area contributed by atoms with Crippen molar-refractivity contribution in [3.63, 3.8) is 0 Å². The number of aryl methyl sites for hydroxylation is 2. The molecule has 0 aliphatic heterocycles. The number of aliphatic imine (C=N–C) groups is 1. The van der Waals surface area contributed by atoms with Crippen molar-refractivity contribution < 1.29 is 9.53 Å². The van der Waals surface area contributed by atoms with E-state index in [0.717, 1.165) is 18.5 Å². The molecule has 0 atom stereocenters. The van der Waals surface area contributed by atoms with Gasteiger partial charge in [0.05, 0.1) is 25.4 Å². The standard InChI is InChI=1S/C17H32N6O2.HI/c1-7-14-13(15(8-2)23(5)21-14)11-19-17(18-9-10-25-6)20-12-16(24)22(3)4;/h7-12H2,1-6H3,(H2,18,19,20);1H. The van der Waals surface area contributed by atoms with Crippen molar-refractivity contribution in [2.24, 2.45) is 12.0 Å². The molecule has 2 N–H and O–H groups in total. The highest BCUT2D eigenvalue weighted by molar-refractivity contribution is 14.0. The summed E-state index contributed by atoms with van der Waals surface area (Å²) in [7, 11) is 7.08. The lowest BCUT2D eigenvalue weighted by molar-refractivity contribution is -0.127. The number of rotatable bonds is 9. The van der Waals surface area contributed by atoms with E-state index in [9.17, 15) is 4.79 Å². The SMILES string of the molecule is CCc1nn(C)c(CC)c1CN=C(NCCOC)NCC(=O)N(C)C.I. The van der Waals surface area contributed by atoms with Crippen LogP contribution in [0.3, 0.4) is 0 Å². The molecule has 26 heavy (non-hydrogen) atoms. The fourth-order valence-corrected chi connectivity index (χ4v) is 2.49. The van der Waals surface area contributed by atoms with Crippen LogP contribution in [0.1, 0.15) is 30.8 Å². The maximum Gasteiger partial charge on any atom is 0.241 e. The molecule has 0 radical (unpaired) electrons. The first-order valence-electron chi connectivity index (χ1n) is 8.69. The van der Waals surface area contributed by atoms with Gasteiger partial charge in [0.15, 0.2) is 5.96 Å². The van der Waals surface area contributed by atoms with Crippen LogP contribution in [-0.4, -0.2) is 67.4 Å². The molecular formula is C17H33IN6O2. The minimum absolute atomic E-state index is 0. The minimum Gasteiger partial charge on any atom is -0.383 e. The van der Waals surface area contributed by atoms with Crippen molar-refractivity contribution >= 4 is 35.8 Å². The molecule has 1 aromatic heterocycles. The number of ether oxygens (including phenoxy) is 1. The predicted molar refractivity (Wildman–Crippen MR) is 115 cm³/mol. The highest BCUT2D eigenvalue weighted by atomic mass is 127. The Balaban J connectivity index is 0.00000625. The summed E-state index contributed by atoms with van der Waals surface area (Å²) in [6.07, 6.45) is 1.78. The number of methoxy groups -OCH3 is 1. The van der Waals surface area contributed by atoms with Crippen LogP contribution >= 0.6 is 24.0 Å². The number of likely N-dealkylation sites (N-methyl/N-ethyl adjacent to an activating group) is 1. The highest BCUT2D eigenvalue weighted by Crippen LogP contribution is 2.16. The van der Waals surface area contributed by atoms with Gasteiger partial charge in [-0.3, -0.25) is 9.48 Å². The fourth-order valence-electron chi connectivity index (χ4n) is 2.49. The molecule has 0 bridgehead atoms. The lowest BCUT2D eigenvalue weighted by Gasteiger charge is -2.15. The van der Waals surface area contributed by atoms with Crippen molar-refractivity contribution in [2.75, 3.05) is 40.9 Å². The first-order valence-corrected chi connectivity index (χ1v) is 8.69. The lowest BCUT2D eigenvalue weighted by Crippen LogP contribution is -2.43. The number of hydrogen-bond donors (Lipinski definition) is 2. The van der Waals surface area contributed by atoms with Crippen LogP contribution < -0.4 is 10.6 Å². The van der Waals surface area contributed by atoms with Crippen LogP contribution in [0.15, 0.2) is 4.99 Å². The smallest absolute Gasteiger partial charge is 0.241 e. The Morgan fingerprint density at radius 3 is 2.50 bits per heavy atom. The number of halogens is 1. The molecule has 0 spiro atoms. The van der Waals surface area contributed by atoms with Crippen molar-refractivity contribution in [3.8, 4) is 0 Å². The average Bonchev–Trinajstić information content (AvgIpc) is 2.91. The zero-order chi connectivity index (χ0) is 18.8. The molecule has 1 aromatic rings. The van der Waals surface area contributed by atoms with E-state index >= 15 is 0 Å². The predicted octanol–water partition coefficient (Wildman–Crippen LogP) is 0.933. The topological polar surface area (TPSA) is 83.8 Å². The normalized spacial score (nSPS) is 11.1. The van der Waals surface area contributed by atoms with Gasteiger partial charge in [0.1, 0.15) is 0 Å². The molecule has 8 nitrogen and oxygen atoms in total. The van der Waals surface area contributed by atoms with Crippen LogP contribution in [-0.2, 0) is 36.0 Å². The largest absolute Gasteiger partial charge is 0.383 e. The third-order valence-electron chi connectivity index (χ3n) is 3.93. The first kappa shape index (κ1) is 24.6. The van der Waals surface area contributed by atoms with Crippen molar-refractivity contribution in [1.82, 2.24) is 25.3 Å². The number of guanidine groups is 1. The number of amides is 1. The van der Waals surface area contributed by atoms with Crippen LogP contribution in [0.5, 0.6) is 0 Å². The number of nitrogens with zero attached hydrogens (tertiary/aromatic N) is 4. The monoisotopic (exact) mass is 480 g/mol. The number of aromatic nitrogens is 2. The van der Waals surface area contributed by atoms with Gasteiger partial charge in [-0.2, -0.15) is 5.10 Å². The maximum atomic E-state index is 11.8. The van der Waals surface area contributed by atoms with Gasteiger partial charge in [-0.05, 0) is 12.8 Å². The maximum absolute atomic E-state index is 11.8. The molecule has 1 rings (SSSR count). The van der Waals surface area contributed by atoms with Gasteiger partial charge in [0.2, 0.25) is 5.91 Å². The van der Waals surface area contributed by atoms with E-state index in [0.29, 0.717) is 25.7 Å². The van der Waals surface area contributed by atoms with Crippen molar-refractivity contribution in [1.29, 1.82) is 0 Å². The first-order chi connectivity index (χ1) is 11.9. The lowest BCUT2D eigenvalue weighted by atomic mass is 10.1. The molecule has 0 aliphatic rings. The van der Waals surface area contributed by atoms with Crippen molar-refractivity contribution in [2.45, 2.75) is 33.2 Å². The van der Waals surface area contributed by atoms with E-state index in [4.69, 9.17) is 4.74 Å². The molecule has 0 unspecified atom stereocenters. The summed E-state index contributed by atoms with van der Waals surface area (Å²) < 4.78 is 7.00. The Morgan fingerprint density at radius 1 is 1.27 bits per heavy atom. The Labute approximate surface area is 173 Å². The molecule has 1 heterocycles. The van der Waals surface area contributed by atoms with Gasteiger partial charge in [0, 0.05) is 46.1 Å². The van der Waals surface area contributed by atoms with Gasteiger partial charge in [-0.1, -0.05) is 13.8 Å². The summed E-state index contributed by atoms with van der Waals surface area (Å²) in [4.78, 5) is 18.0. The second kappa shape index (κ2) is 12.9. The van der Waals surface area contributed by atoms with Crippen LogP contribution in [0, 0.1) is 0 Å². The van der Waals surface area contributed by atoms with E-state index in [1.54, 1.807) is 26.1 Å². The summed E-state index contributed by atoms with van der Waals surface area (Å²) in [5.74, 6) is 0.589. The number of carbonyl (C=O) groups excluding carboxylic acids is 1. The van der Waals surface area contributed by atoms with Crippen LogP contribution in [0.4, 0.5) is 0 Å². The van der Waals surface area contributed by atoms with E-state index in [1.807, 2.05) is 11.7 Å². The summed E-state index contributed by atoms with van der Waals surface area (Å²) in [6.45, 7) is 6.12. The molecule has 0 saturated carbocycles. The number of carbonyl (C=O) groups is 1. The Bertz CT molecular complexity index is 586. The summed E-state index contributed by atoms with van der Waals surface area (Å²) in [5, 5.41) is 10.8. The zero-order valence-electron chi connectivity index (χ0n) is 16.8. The Kier molecular flexibility index (Phi) is 12.2. The molecular weight excluding hydrogens is 447 g/mol. The van der Waals surface area contributed by atoms with Gasteiger partial charge in [-0.15, -0.1) is 24.0 Å². The van der Waals surface area contributed by atoms with Gasteiger partial charge in [0.25, 0.3) is 0 Å². The van der Waals surface area contributed by atoms with E-state index in [-0.39, 0.29) is 36.4 Å². The van der Waals surface area contributed by atoms with E-state index < -0.39 is 0 Å². The van der Waals surface area contributed by atoms with Crippen LogP contribution in [0.25, 0.3) is 0 Å². The molecule has 1 amide bonds. The Morgan fingerprint density at radius 2 is 1.96 bits per heavy atom. The Hall–Kier alpha value is -1.36. The third kappa shape index (κ3) is 7.48. The molecule has 0 saturated heterocycles. The van der Waals surface area contributed by atoms with E-state index in [1.165, 1.54) is 11.3 Å². The van der Waals surface area contributed by atoms with Gasteiger partial charge in [-0.25, -0.2) is 4.99 Å². The second-order valence-electron chi connectivity index (χ2n) is 5.93. The fraction of sp³-hybridized carbons (Fsp3) is 0.706. The zero-order valence-corrected chi connectivity index (χ0v) is 19.1. The van der Waals surface area contributed by atoms with Gasteiger partial charge < -0.3 is 20.3 Å². The molecule has 0 aliphatic carbocycles. The minimum atomic E-state index is -0.00823. The second-order valence-corrected chi connectivity index (χ2v) is 5.93. The third-order valence-corrected chi connectivity index (χ3v) is 3.93. The molecule has 0 fully saturated rings. The van der Waals surface area contributed by atoms with Crippen molar-refractivity contribution in [3.05, 3.63) is 17.0 Å². The van der Waals surface area contributed by atoms with Crippen LogP contribution in [0.2, 0.25) is 0 Å². The highest BCUT2D eigenvalue weighted by Gasteiger charge is 2.13. The summed E-state index contributed by atoms with van der Waals surface area (Å²) in [5.41, 5.74) is 3.43. The number of nitrogens with one attached hydrogen (secondary N) is 2. The summed E-state index contributed by atoms with van der Waals surface area (Å²) >= 11 is 0. The molecule has 9 heteroatoms. The molecule has 150 valence electrons. The summed E-state index contributed by atoms with van der Waals surface area (Å²) in [6, 6.07) is 0.